The molecular weight excluding hydrogens is 858 g/mol. The highest BCUT2D eigenvalue weighted by Crippen LogP contribution is 2.57. The lowest BCUT2D eigenvalue weighted by Gasteiger charge is -2.43. The lowest BCUT2D eigenvalue weighted by Crippen LogP contribution is -2.59. The maximum absolute atomic E-state index is 13.6. The number of rotatable bonds is 17. The van der Waals surface area contributed by atoms with Crippen LogP contribution in [0.2, 0.25) is 0 Å². The smallest absolute Gasteiger partial charge is 0.309 e. The zero-order valence-corrected chi connectivity index (χ0v) is 44.0. The molecule has 2 heterocycles. The molecule has 0 bridgehead atoms. The molecule has 3 N–H and O–H groups in total. The van der Waals surface area contributed by atoms with Crippen molar-refractivity contribution in [3.63, 3.8) is 0 Å². The topological polar surface area (TPSA) is 115 Å². The molecule has 5 rings (SSSR count). The first kappa shape index (κ1) is 55.2. The van der Waals surface area contributed by atoms with Gasteiger partial charge in [-0.15, -0.1) is 0 Å². The molecule has 3 aromatic carbocycles. The van der Waals surface area contributed by atoms with Gasteiger partial charge in [0.2, 0.25) is 0 Å². The molecule has 0 radical (unpaired) electrons. The van der Waals surface area contributed by atoms with Crippen LogP contribution in [0.5, 0.6) is 0 Å². The molecule has 0 saturated carbocycles. The monoisotopic (exact) mass is 947 g/mol. The molecule has 2 fully saturated rings. The van der Waals surface area contributed by atoms with Crippen LogP contribution in [0.4, 0.5) is 0 Å². The molecule has 0 amide bonds. The molecule has 11 atom stereocenters. The number of cyclic esters (lactones) is 1. The summed E-state index contributed by atoms with van der Waals surface area (Å²) >= 11 is 0. The number of aliphatic hydroxyl groups excluding tert-OH is 1. The van der Waals surface area contributed by atoms with E-state index in [1.807, 2.05) is 27.7 Å². The van der Waals surface area contributed by atoms with Crippen LogP contribution >= 0.6 is 7.26 Å². The Morgan fingerprint density at radius 1 is 0.806 bits per heavy atom. The molecule has 0 unspecified atom stereocenters. The molecule has 3 aromatic rings. The SMILES string of the molecule is CC[C@H]1OC(=O)[C@H](C)CC[C@@H](O[C@H]2C[C@@H](N(C)C)C[C@@H](C)O2)[C@](C)(O)C[C@@H](C)CN(CCCCCCC[P+](c2ccccc2)(c2ccccc2)c2ccccc2CN(C)C)[C@H](C)[C@@H](O)[C@]1(C)O. The number of esters is 1. The lowest BCUT2D eigenvalue weighted by molar-refractivity contribution is -0.252. The number of carbonyl (C=O) groups excluding carboxylic acids is 1. The van der Waals surface area contributed by atoms with Crippen molar-refractivity contribution in [2.45, 2.75) is 180 Å². The fraction of sp³-hybridized carbons (Fsp3) is 0.661. The predicted octanol–water partition coefficient (Wildman–Crippen LogP) is 8.16. The summed E-state index contributed by atoms with van der Waals surface area (Å²) in [6, 6.07) is 31.3. The minimum Gasteiger partial charge on any atom is -0.459 e. The van der Waals surface area contributed by atoms with E-state index in [2.05, 4.69) is 142 Å². The van der Waals surface area contributed by atoms with E-state index in [4.69, 9.17) is 14.2 Å². The van der Waals surface area contributed by atoms with Gasteiger partial charge in [0.05, 0.1) is 29.9 Å². The Hall–Kier alpha value is -2.76. The minimum atomic E-state index is -2.00. The largest absolute Gasteiger partial charge is 0.459 e. The van der Waals surface area contributed by atoms with E-state index in [-0.39, 0.29) is 12.0 Å². The Bertz CT molecular complexity index is 1880. The van der Waals surface area contributed by atoms with E-state index in [1.54, 1.807) is 6.92 Å². The average molecular weight is 947 g/mol. The van der Waals surface area contributed by atoms with Gasteiger partial charge in [-0.25, -0.2) is 0 Å². The summed E-state index contributed by atoms with van der Waals surface area (Å²) < 4.78 is 19.1. The van der Waals surface area contributed by atoms with Crippen LogP contribution < -0.4 is 15.9 Å². The molecule has 2 saturated heterocycles. The highest BCUT2D eigenvalue weighted by Gasteiger charge is 2.48. The summed E-state index contributed by atoms with van der Waals surface area (Å²) in [6.45, 7) is 15.6. The summed E-state index contributed by atoms with van der Waals surface area (Å²) in [6.07, 6.45) is 6.48. The number of benzene rings is 3. The van der Waals surface area contributed by atoms with E-state index < -0.39 is 61.0 Å². The third kappa shape index (κ3) is 14.6. The number of hydrogen-bond acceptors (Lipinski definition) is 10. The van der Waals surface area contributed by atoms with Crippen molar-refractivity contribution < 1.29 is 34.3 Å². The van der Waals surface area contributed by atoms with E-state index >= 15 is 0 Å². The van der Waals surface area contributed by atoms with Gasteiger partial charge in [0.15, 0.2) is 6.29 Å². The third-order valence-electron chi connectivity index (χ3n) is 14.9. The molecular formula is C56H89N3O7P+. The van der Waals surface area contributed by atoms with Crippen molar-refractivity contribution in [2.24, 2.45) is 11.8 Å². The van der Waals surface area contributed by atoms with Crippen molar-refractivity contribution >= 4 is 29.1 Å². The van der Waals surface area contributed by atoms with Crippen LogP contribution in [0.25, 0.3) is 0 Å². The Balaban J connectivity index is 1.33. The Kier molecular flexibility index (Phi) is 20.9. The third-order valence-corrected chi connectivity index (χ3v) is 19.5. The van der Waals surface area contributed by atoms with Gasteiger partial charge in [-0.1, -0.05) is 88.2 Å². The standard InChI is InChI=1S/C56H89N3O7P/c1-12-50-56(7,63)53(60)44(5)59(39-41(2)38-55(6,62)51(33-32-42(3)54(61)66-50)65-52-37-46(58(10)11)36-43(4)64-52)34-24-14-13-15-25-35-67(47-27-18-16-19-28-47,48-29-20-17-21-30-48)49-31-23-22-26-45(49)40-57(8)9/h16-23,26-31,41-44,46,50-53,60,62-63H,12-15,24-25,32-40H2,1-11H3/q+1/t41-,42-,43-,44-,46+,50-,51-,52+,53-,55-,56-/m1/s1. The number of ether oxygens (including phenoxy) is 3. The highest BCUT2D eigenvalue weighted by molar-refractivity contribution is 7.95. The van der Waals surface area contributed by atoms with Gasteiger partial charge in [-0.3, -0.25) is 9.69 Å². The molecule has 67 heavy (non-hydrogen) atoms. The van der Waals surface area contributed by atoms with Crippen molar-refractivity contribution in [2.75, 3.05) is 47.4 Å². The quantitative estimate of drug-likeness (QED) is 0.0696. The van der Waals surface area contributed by atoms with Gasteiger partial charge in [-0.05, 0) is 150 Å². The van der Waals surface area contributed by atoms with Gasteiger partial charge in [-0.2, -0.15) is 0 Å². The Morgan fingerprint density at radius 3 is 2.01 bits per heavy atom. The molecule has 0 aliphatic carbocycles. The first-order valence-electron chi connectivity index (χ1n) is 25.6. The first-order chi connectivity index (χ1) is 31.8. The summed E-state index contributed by atoms with van der Waals surface area (Å²) in [5, 5.41) is 40.7. The van der Waals surface area contributed by atoms with Gasteiger partial charge in [0.25, 0.3) is 0 Å². The van der Waals surface area contributed by atoms with Gasteiger partial charge >= 0.3 is 5.97 Å². The van der Waals surface area contributed by atoms with Crippen molar-refractivity contribution in [1.29, 1.82) is 0 Å². The number of unbranched alkanes of at least 4 members (excludes halogenated alkanes) is 4. The fourth-order valence-electron chi connectivity index (χ4n) is 11.0. The van der Waals surface area contributed by atoms with Crippen LogP contribution in [-0.2, 0) is 25.5 Å². The van der Waals surface area contributed by atoms with Crippen LogP contribution in [0, 0.1) is 11.8 Å². The van der Waals surface area contributed by atoms with Gasteiger partial charge < -0.3 is 39.3 Å². The van der Waals surface area contributed by atoms with Gasteiger partial charge in [0, 0.05) is 37.2 Å². The van der Waals surface area contributed by atoms with Crippen molar-refractivity contribution in [3.05, 3.63) is 90.5 Å². The fourth-order valence-corrected chi connectivity index (χ4v) is 15.7. The first-order valence-corrected chi connectivity index (χ1v) is 27.5. The van der Waals surface area contributed by atoms with E-state index in [9.17, 15) is 20.1 Å². The minimum absolute atomic E-state index is 0.0145. The second-order valence-electron chi connectivity index (χ2n) is 21.3. The number of hydrogen-bond donors (Lipinski definition) is 3. The van der Waals surface area contributed by atoms with Crippen molar-refractivity contribution in [1.82, 2.24) is 14.7 Å². The van der Waals surface area contributed by atoms with Gasteiger partial charge in [0.1, 0.15) is 41.0 Å². The maximum atomic E-state index is 13.6. The van der Waals surface area contributed by atoms with E-state index in [0.29, 0.717) is 44.7 Å². The molecule has 374 valence electrons. The summed E-state index contributed by atoms with van der Waals surface area (Å²) in [5.41, 5.74) is -1.52. The number of aliphatic hydroxyl groups is 3. The van der Waals surface area contributed by atoms with Crippen molar-refractivity contribution in [3.8, 4) is 0 Å². The zero-order chi connectivity index (χ0) is 48.9. The molecule has 0 spiro atoms. The number of nitrogens with zero attached hydrogens (tertiary/aromatic N) is 3. The van der Waals surface area contributed by atoms with Crippen LogP contribution in [0.1, 0.15) is 125 Å². The lowest BCUT2D eigenvalue weighted by atomic mass is 9.84. The number of carbonyl (C=O) groups is 1. The molecule has 11 heteroatoms. The van der Waals surface area contributed by atoms with Crippen LogP contribution in [-0.4, -0.2) is 137 Å². The Morgan fingerprint density at radius 2 is 1.40 bits per heavy atom. The Labute approximate surface area is 406 Å². The highest BCUT2D eigenvalue weighted by atomic mass is 31.2. The molecule has 0 aromatic heterocycles. The van der Waals surface area contributed by atoms with Crippen LogP contribution in [0.15, 0.2) is 84.9 Å². The van der Waals surface area contributed by atoms with Crippen LogP contribution in [0.3, 0.4) is 0 Å². The molecule has 2 aliphatic heterocycles. The second-order valence-corrected chi connectivity index (χ2v) is 24.9. The van der Waals surface area contributed by atoms with E-state index in [1.165, 1.54) is 21.5 Å². The van der Waals surface area contributed by atoms with E-state index in [0.717, 1.165) is 57.8 Å². The normalized spacial score (nSPS) is 31.0. The zero-order valence-electron chi connectivity index (χ0n) is 43.1. The second kappa shape index (κ2) is 25.4. The summed E-state index contributed by atoms with van der Waals surface area (Å²) in [4.78, 5) is 20.4. The summed E-state index contributed by atoms with van der Waals surface area (Å²) in [5.74, 6) is -0.910. The molecule has 2 aliphatic rings. The maximum Gasteiger partial charge on any atom is 0.309 e. The molecule has 10 nitrogen and oxygen atoms in total. The average Bonchev–Trinajstić information content (AvgIpc) is 3.29. The summed E-state index contributed by atoms with van der Waals surface area (Å²) in [7, 11) is 6.46. The predicted molar refractivity (Wildman–Crippen MR) is 277 cm³/mol.